The summed E-state index contributed by atoms with van der Waals surface area (Å²) in [6.07, 6.45) is -0.0114. The van der Waals surface area contributed by atoms with Crippen LogP contribution in [0.4, 0.5) is 5.95 Å². The van der Waals surface area contributed by atoms with Gasteiger partial charge in [0.2, 0.25) is 11.2 Å². The summed E-state index contributed by atoms with van der Waals surface area (Å²) >= 11 is 5.92. The summed E-state index contributed by atoms with van der Waals surface area (Å²) in [7, 11) is 0. The smallest absolute Gasteiger partial charge is 0.322 e. The maximum atomic E-state index is 8.94. The molecular weight excluding hydrogens is 282 g/mol. The van der Waals surface area contributed by atoms with E-state index in [0.717, 1.165) is 26.2 Å². The van der Waals surface area contributed by atoms with Gasteiger partial charge in [-0.1, -0.05) is 0 Å². The van der Waals surface area contributed by atoms with Crippen LogP contribution in [-0.4, -0.2) is 70.4 Å². The van der Waals surface area contributed by atoms with Crippen LogP contribution in [0, 0.1) is 0 Å². The topological polar surface area (TPSA) is 74.6 Å². The van der Waals surface area contributed by atoms with Gasteiger partial charge in [-0.15, -0.1) is 0 Å². The zero-order valence-electron chi connectivity index (χ0n) is 11.8. The standard InChI is InChI=1S/C12H20ClN5O2/c1-9(2)20-12-15-10(13)14-11(16-12)18-5-3-17(4-6-18)7-8-19/h9,19H,3-8H2,1-2H3. The highest BCUT2D eigenvalue weighted by Crippen LogP contribution is 2.17. The molecule has 1 aliphatic rings. The number of aromatic nitrogens is 3. The van der Waals surface area contributed by atoms with E-state index >= 15 is 0 Å². The molecule has 0 aliphatic carbocycles. The van der Waals surface area contributed by atoms with Crippen molar-refractivity contribution in [2.45, 2.75) is 20.0 Å². The zero-order valence-corrected chi connectivity index (χ0v) is 12.5. The molecule has 1 saturated heterocycles. The van der Waals surface area contributed by atoms with Gasteiger partial charge in [0, 0.05) is 32.7 Å². The highest BCUT2D eigenvalue weighted by molar-refractivity contribution is 6.28. The van der Waals surface area contributed by atoms with Crippen molar-refractivity contribution in [1.82, 2.24) is 19.9 Å². The first-order valence-corrected chi connectivity index (χ1v) is 7.12. The van der Waals surface area contributed by atoms with Crippen molar-refractivity contribution in [2.24, 2.45) is 0 Å². The number of hydrogen-bond acceptors (Lipinski definition) is 7. The third-order valence-electron chi connectivity index (χ3n) is 2.99. The number of rotatable bonds is 5. The molecule has 0 unspecified atom stereocenters. The Kier molecular flexibility index (Phi) is 5.33. The van der Waals surface area contributed by atoms with Crippen LogP contribution in [0.2, 0.25) is 5.28 Å². The largest absolute Gasteiger partial charge is 0.461 e. The van der Waals surface area contributed by atoms with Gasteiger partial charge in [0.15, 0.2) is 0 Å². The Hall–Kier alpha value is -1.18. The fourth-order valence-corrected chi connectivity index (χ4v) is 2.19. The molecule has 1 aliphatic heterocycles. The second-order valence-electron chi connectivity index (χ2n) is 4.91. The Morgan fingerprint density at radius 1 is 1.20 bits per heavy atom. The van der Waals surface area contributed by atoms with Gasteiger partial charge in [0.1, 0.15) is 0 Å². The van der Waals surface area contributed by atoms with Crippen LogP contribution in [0.25, 0.3) is 0 Å². The van der Waals surface area contributed by atoms with Gasteiger partial charge >= 0.3 is 6.01 Å². The van der Waals surface area contributed by atoms with Crippen molar-refractivity contribution in [3.05, 3.63) is 5.28 Å². The molecule has 1 N–H and O–H groups in total. The minimum atomic E-state index is -0.0114. The lowest BCUT2D eigenvalue weighted by Crippen LogP contribution is -2.47. The molecule has 2 heterocycles. The van der Waals surface area contributed by atoms with E-state index in [1.54, 1.807) is 0 Å². The lowest BCUT2D eigenvalue weighted by Gasteiger charge is -2.34. The number of hydrogen-bond donors (Lipinski definition) is 1. The number of nitrogens with zero attached hydrogens (tertiary/aromatic N) is 5. The SMILES string of the molecule is CC(C)Oc1nc(Cl)nc(N2CCN(CCO)CC2)n1. The summed E-state index contributed by atoms with van der Waals surface area (Å²) in [5.74, 6) is 0.546. The van der Waals surface area contributed by atoms with Gasteiger partial charge < -0.3 is 14.7 Å². The molecule has 0 saturated carbocycles. The number of aliphatic hydroxyl groups excluding tert-OH is 1. The van der Waals surface area contributed by atoms with E-state index in [0.29, 0.717) is 12.5 Å². The monoisotopic (exact) mass is 301 g/mol. The van der Waals surface area contributed by atoms with Crippen molar-refractivity contribution in [2.75, 3.05) is 44.2 Å². The van der Waals surface area contributed by atoms with Gasteiger partial charge in [0.25, 0.3) is 0 Å². The van der Waals surface area contributed by atoms with Crippen LogP contribution >= 0.6 is 11.6 Å². The van der Waals surface area contributed by atoms with E-state index in [2.05, 4.69) is 24.8 Å². The lowest BCUT2D eigenvalue weighted by molar-refractivity contribution is 0.188. The quantitative estimate of drug-likeness (QED) is 0.845. The molecule has 1 fully saturated rings. The average Bonchev–Trinajstić information content (AvgIpc) is 2.38. The molecule has 2 rings (SSSR count). The molecule has 0 amide bonds. The highest BCUT2D eigenvalue weighted by Gasteiger charge is 2.20. The van der Waals surface area contributed by atoms with Crippen LogP contribution in [0.5, 0.6) is 6.01 Å². The predicted molar refractivity (Wildman–Crippen MR) is 76.3 cm³/mol. The fraction of sp³-hybridized carbons (Fsp3) is 0.750. The Morgan fingerprint density at radius 2 is 1.90 bits per heavy atom. The number of halogens is 1. The van der Waals surface area contributed by atoms with Gasteiger partial charge in [-0.3, -0.25) is 4.90 Å². The molecule has 0 radical (unpaired) electrons. The average molecular weight is 302 g/mol. The molecule has 1 aromatic rings. The van der Waals surface area contributed by atoms with Crippen molar-refractivity contribution in [1.29, 1.82) is 0 Å². The first-order valence-electron chi connectivity index (χ1n) is 6.75. The molecule has 112 valence electrons. The summed E-state index contributed by atoms with van der Waals surface area (Å²) in [6.45, 7) is 8.02. The molecule has 1 aromatic heterocycles. The van der Waals surface area contributed by atoms with Crippen molar-refractivity contribution in [3.63, 3.8) is 0 Å². The summed E-state index contributed by atoms with van der Waals surface area (Å²) < 4.78 is 5.47. The number of β-amino-alcohol motifs (C(OH)–C–C–N with tert-alkyl or cyclic N) is 1. The number of anilines is 1. The maximum absolute atomic E-state index is 8.94. The third kappa shape index (κ3) is 4.16. The van der Waals surface area contributed by atoms with Crippen LogP contribution in [0.3, 0.4) is 0 Å². The summed E-state index contributed by atoms with van der Waals surface area (Å²) in [5.41, 5.74) is 0. The van der Waals surface area contributed by atoms with Crippen molar-refractivity contribution in [3.8, 4) is 6.01 Å². The summed E-state index contributed by atoms with van der Waals surface area (Å²) in [5, 5.41) is 9.08. The Balaban J connectivity index is 2.03. The van der Waals surface area contributed by atoms with Gasteiger partial charge in [-0.25, -0.2) is 0 Å². The second kappa shape index (κ2) is 7.01. The molecule has 0 aromatic carbocycles. The normalized spacial score (nSPS) is 16.8. The van der Waals surface area contributed by atoms with Crippen molar-refractivity contribution < 1.29 is 9.84 Å². The molecule has 8 heteroatoms. The summed E-state index contributed by atoms with van der Waals surface area (Å²) in [4.78, 5) is 16.7. The van der Waals surface area contributed by atoms with E-state index in [1.807, 2.05) is 13.8 Å². The predicted octanol–water partition coefficient (Wildman–Crippen LogP) is 0.426. The van der Waals surface area contributed by atoms with E-state index in [-0.39, 0.29) is 24.0 Å². The Bertz CT molecular complexity index is 438. The maximum Gasteiger partial charge on any atom is 0.322 e. The molecule has 7 nitrogen and oxygen atoms in total. The van der Waals surface area contributed by atoms with Gasteiger partial charge in [-0.2, -0.15) is 15.0 Å². The third-order valence-corrected chi connectivity index (χ3v) is 3.16. The molecular formula is C12H20ClN5O2. The Morgan fingerprint density at radius 3 is 2.50 bits per heavy atom. The lowest BCUT2D eigenvalue weighted by atomic mass is 10.3. The van der Waals surface area contributed by atoms with E-state index in [9.17, 15) is 0 Å². The van der Waals surface area contributed by atoms with E-state index in [1.165, 1.54) is 0 Å². The summed E-state index contributed by atoms with van der Waals surface area (Å²) in [6, 6.07) is 0.257. The first kappa shape index (κ1) is 15.2. The van der Waals surface area contributed by atoms with E-state index in [4.69, 9.17) is 21.4 Å². The highest BCUT2D eigenvalue weighted by atomic mass is 35.5. The minimum absolute atomic E-state index is 0.0114. The fourth-order valence-electron chi connectivity index (χ4n) is 2.04. The second-order valence-corrected chi connectivity index (χ2v) is 5.24. The zero-order chi connectivity index (χ0) is 14.5. The molecule has 20 heavy (non-hydrogen) atoms. The van der Waals surface area contributed by atoms with Crippen LogP contribution in [0.1, 0.15) is 13.8 Å². The van der Waals surface area contributed by atoms with Crippen molar-refractivity contribution >= 4 is 17.5 Å². The Labute approximate surface area is 123 Å². The van der Waals surface area contributed by atoms with Crippen LogP contribution in [-0.2, 0) is 0 Å². The van der Waals surface area contributed by atoms with Crippen LogP contribution in [0.15, 0.2) is 0 Å². The molecule has 0 spiro atoms. The van der Waals surface area contributed by atoms with Crippen LogP contribution < -0.4 is 9.64 Å². The molecule has 0 atom stereocenters. The first-order chi connectivity index (χ1) is 9.58. The van der Waals surface area contributed by atoms with Gasteiger partial charge in [-0.05, 0) is 25.4 Å². The number of ether oxygens (including phenoxy) is 1. The number of aliphatic hydroxyl groups is 1. The van der Waals surface area contributed by atoms with E-state index < -0.39 is 0 Å². The minimum Gasteiger partial charge on any atom is -0.461 e. The molecule has 0 bridgehead atoms. The van der Waals surface area contributed by atoms with Gasteiger partial charge in [0.05, 0.1) is 12.7 Å². The number of piperazine rings is 1.